The zero-order valence-electron chi connectivity index (χ0n) is 12.4. The molecule has 5 nitrogen and oxygen atoms in total. The Bertz CT molecular complexity index is 404. The number of amides is 1. The van der Waals surface area contributed by atoms with Gasteiger partial charge in [-0.05, 0) is 31.5 Å². The van der Waals surface area contributed by atoms with Gasteiger partial charge in [-0.3, -0.25) is 9.79 Å². The van der Waals surface area contributed by atoms with Crippen LogP contribution in [-0.2, 0) is 4.79 Å². The van der Waals surface area contributed by atoms with E-state index in [1.807, 2.05) is 5.41 Å². The number of nitrogens with zero attached hydrogens (tertiary/aromatic N) is 3. The van der Waals surface area contributed by atoms with Crippen molar-refractivity contribution in [3.8, 4) is 0 Å². The SMILES string of the molecule is CCN(CC)CCCNC(=O)CC1=CSC2=NCCN12. The maximum atomic E-state index is 11.9. The van der Waals surface area contributed by atoms with Crippen LogP contribution in [0.5, 0.6) is 0 Å². The summed E-state index contributed by atoms with van der Waals surface area (Å²) >= 11 is 1.63. The third-order valence-electron chi connectivity index (χ3n) is 3.66. The lowest BCUT2D eigenvalue weighted by molar-refractivity contribution is -0.120. The van der Waals surface area contributed by atoms with Crippen molar-refractivity contribution in [2.75, 3.05) is 39.3 Å². The van der Waals surface area contributed by atoms with Gasteiger partial charge in [-0.25, -0.2) is 0 Å². The Balaban J connectivity index is 1.63. The van der Waals surface area contributed by atoms with Crippen LogP contribution in [0.15, 0.2) is 16.1 Å². The second-order valence-corrected chi connectivity index (χ2v) is 5.79. The van der Waals surface area contributed by atoms with Crippen molar-refractivity contribution in [2.45, 2.75) is 26.7 Å². The molecule has 1 N–H and O–H groups in total. The lowest BCUT2D eigenvalue weighted by Gasteiger charge is -2.18. The third-order valence-corrected chi connectivity index (χ3v) is 4.61. The quantitative estimate of drug-likeness (QED) is 0.689. The third kappa shape index (κ3) is 3.99. The summed E-state index contributed by atoms with van der Waals surface area (Å²) in [6.07, 6.45) is 1.48. The molecule has 6 heteroatoms. The molecule has 0 aromatic rings. The highest BCUT2D eigenvalue weighted by Crippen LogP contribution is 2.30. The van der Waals surface area contributed by atoms with Crippen LogP contribution in [-0.4, -0.2) is 60.1 Å². The summed E-state index contributed by atoms with van der Waals surface area (Å²) in [6.45, 7) is 10.1. The molecule has 2 aliphatic heterocycles. The smallest absolute Gasteiger partial charge is 0.225 e. The number of carbonyl (C=O) groups is 1. The monoisotopic (exact) mass is 296 g/mol. The number of nitrogens with one attached hydrogen (secondary N) is 1. The zero-order chi connectivity index (χ0) is 14.4. The molecule has 0 aromatic heterocycles. The molecule has 112 valence electrons. The van der Waals surface area contributed by atoms with E-state index in [1.54, 1.807) is 11.8 Å². The van der Waals surface area contributed by atoms with Crippen molar-refractivity contribution in [1.82, 2.24) is 15.1 Å². The Labute approximate surface area is 125 Å². The summed E-state index contributed by atoms with van der Waals surface area (Å²) in [6, 6.07) is 0. The van der Waals surface area contributed by atoms with E-state index in [4.69, 9.17) is 0 Å². The first-order valence-corrected chi connectivity index (χ1v) is 8.29. The summed E-state index contributed by atoms with van der Waals surface area (Å²) in [5, 5.41) is 6.11. The van der Waals surface area contributed by atoms with E-state index in [2.05, 4.69) is 34.0 Å². The Morgan fingerprint density at radius 2 is 2.30 bits per heavy atom. The van der Waals surface area contributed by atoms with Gasteiger partial charge in [-0.15, -0.1) is 0 Å². The first-order valence-electron chi connectivity index (χ1n) is 7.41. The molecule has 0 radical (unpaired) electrons. The molecule has 0 aromatic carbocycles. The van der Waals surface area contributed by atoms with Gasteiger partial charge < -0.3 is 15.1 Å². The lowest BCUT2D eigenvalue weighted by Crippen LogP contribution is -2.31. The Morgan fingerprint density at radius 1 is 1.50 bits per heavy atom. The highest BCUT2D eigenvalue weighted by atomic mass is 32.2. The van der Waals surface area contributed by atoms with Gasteiger partial charge in [0.25, 0.3) is 0 Å². The first-order chi connectivity index (χ1) is 9.74. The summed E-state index contributed by atoms with van der Waals surface area (Å²) in [5.41, 5.74) is 1.09. The highest BCUT2D eigenvalue weighted by Gasteiger charge is 2.27. The minimum atomic E-state index is 0.115. The minimum Gasteiger partial charge on any atom is -0.356 e. The molecular formula is C14H24N4OS. The van der Waals surface area contributed by atoms with Crippen molar-refractivity contribution in [3.63, 3.8) is 0 Å². The number of rotatable bonds is 8. The highest BCUT2D eigenvalue weighted by molar-refractivity contribution is 8.16. The molecule has 2 heterocycles. The predicted molar refractivity (Wildman–Crippen MR) is 84.7 cm³/mol. The molecule has 0 spiro atoms. The average molecular weight is 296 g/mol. The van der Waals surface area contributed by atoms with E-state index in [0.29, 0.717) is 6.42 Å². The van der Waals surface area contributed by atoms with E-state index in [0.717, 1.165) is 56.6 Å². The van der Waals surface area contributed by atoms with Gasteiger partial charge >= 0.3 is 0 Å². The van der Waals surface area contributed by atoms with Gasteiger partial charge in [0.15, 0.2) is 5.17 Å². The van der Waals surface area contributed by atoms with Crippen LogP contribution >= 0.6 is 11.8 Å². The van der Waals surface area contributed by atoms with Crippen LogP contribution < -0.4 is 5.32 Å². The maximum absolute atomic E-state index is 11.9. The second-order valence-electron chi connectivity index (χ2n) is 4.95. The lowest BCUT2D eigenvalue weighted by atomic mass is 10.3. The van der Waals surface area contributed by atoms with Gasteiger partial charge in [0, 0.05) is 18.8 Å². The number of fused-ring (bicyclic) bond motifs is 1. The second kappa shape index (κ2) is 7.69. The normalized spacial score (nSPS) is 17.2. The van der Waals surface area contributed by atoms with Crippen LogP contribution in [0.4, 0.5) is 0 Å². The van der Waals surface area contributed by atoms with Gasteiger partial charge in [-0.2, -0.15) is 0 Å². The van der Waals surface area contributed by atoms with Crippen molar-refractivity contribution < 1.29 is 4.79 Å². The topological polar surface area (TPSA) is 47.9 Å². The fourth-order valence-corrected chi connectivity index (χ4v) is 3.37. The molecule has 0 unspecified atom stereocenters. The standard InChI is InChI=1S/C14H24N4OS/c1-3-17(4-2)8-5-6-15-13(19)10-12-11-20-14-16-7-9-18(12)14/h11H,3-10H2,1-2H3,(H,15,19). The number of aliphatic imine (C=N–C) groups is 1. The van der Waals surface area contributed by atoms with Crippen LogP contribution in [0, 0.1) is 0 Å². The predicted octanol–water partition coefficient (Wildman–Crippen LogP) is 1.48. The molecule has 20 heavy (non-hydrogen) atoms. The van der Waals surface area contributed by atoms with Crippen LogP contribution in [0.2, 0.25) is 0 Å². The van der Waals surface area contributed by atoms with Crippen molar-refractivity contribution >= 4 is 22.8 Å². The van der Waals surface area contributed by atoms with Gasteiger partial charge in [0.1, 0.15) is 0 Å². The number of thioether (sulfide) groups is 1. The van der Waals surface area contributed by atoms with E-state index in [-0.39, 0.29) is 5.91 Å². The molecule has 2 aliphatic rings. The minimum absolute atomic E-state index is 0.115. The Kier molecular flexibility index (Phi) is 5.91. The van der Waals surface area contributed by atoms with E-state index in [9.17, 15) is 4.79 Å². The average Bonchev–Trinajstić information content (AvgIpc) is 3.04. The molecule has 2 rings (SSSR count). The van der Waals surface area contributed by atoms with Crippen LogP contribution in [0.3, 0.4) is 0 Å². The van der Waals surface area contributed by atoms with Crippen molar-refractivity contribution in [2.24, 2.45) is 4.99 Å². The number of amidine groups is 1. The molecule has 1 amide bonds. The molecule has 0 saturated heterocycles. The molecule has 0 atom stereocenters. The molecule has 0 bridgehead atoms. The van der Waals surface area contributed by atoms with Crippen LogP contribution in [0.1, 0.15) is 26.7 Å². The first kappa shape index (κ1) is 15.4. The Hall–Kier alpha value is -1.01. The van der Waals surface area contributed by atoms with E-state index < -0.39 is 0 Å². The number of hydrogen-bond acceptors (Lipinski definition) is 5. The zero-order valence-corrected chi connectivity index (χ0v) is 13.2. The summed E-state index contributed by atoms with van der Waals surface area (Å²) in [4.78, 5) is 20.8. The molecule has 0 aliphatic carbocycles. The number of carbonyl (C=O) groups excluding carboxylic acids is 1. The van der Waals surface area contributed by atoms with Crippen LogP contribution in [0.25, 0.3) is 0 Å². The summed E-state index contributed by atoms with van der Waals surface area (Å²) in [5.74, 6) is 0.115. The molecular weight excluding hydrogens is 272 g/mol. The fraction of sp³-hybridized carbons (Fsp3) is 0.714. The summed E-state index contributed by atoms with van der Waals surface area (Å²) in [7, 11) is 0. The number of hydrogen-bond donors (Lipinski definition) is 1. The van der Waals surface area contributed by atoms with E-state index in [1.165, 1.54) is 0 Å². The van der Waals surface area contributed by atoms with Gasteiger partial charge in [-0.1, -0.05) is 25.6 Å². The Morgan fingerprint density at radius 3 is 3.05 bits per heavy atom. The molecule has 0 fully saturated rings. The summed E-state index contributed by atoms with van der Waals surface area (Å²) < 4.78 is 0. The van der Waals surface area contributed by atoms with Gasteiger partial charge in [0.2, 0.25) is 5.91 Å². The van der Waals surface area contributed by atoms with Crippen molar-refractivity contribution in [3.05, 3.63) is 11.1 Å². The van der Waals surface area contributed by atoms with Crippen molar-refractivity contribution in [1.29, 1.82) is 0 Å². The van der Waals surface area contributed by atoms with Gasteiger partial charge in [0.05, 0.1) is 13.0 Å². The van der Waals surface area contributed by atoms with E-state index >= 15 is 0 Å². The largest absolute Gasteiger partial charge is 0.356 e. The maximum Gasteiger partial charge on any atom is 0.225 e. The molecule has 0 saturated carbocycles. The fourth-order valence-electron chi connectivity index (χ4n) is 2.41.